The molecule has 1 N–H and O–H groups in total. The lowest BCUT2D eigenvalue weighted by molar-refractivity contribution is -0.132. The molecule has 1 aliphatic rings. The first kappa shape index (κ1) is 17.4. The van der Waals surface area contributed by atoms with Crippen LogP contribution in [0, 0.1) is 0 Å². The van der Waals surface area contributed by atoms with Crippen molar-refractivity contribution in [3.63, 3.8) is 0 Å². The van der Waals surface area contributed by atoms with E-state index in [1.54, 1.807) is 25.1 Å². The molecule has 2 aromatic rings. The van der Waals surface area contributed by atoms with Crippen molar-refractivity contribution in [2.75, 3.05) is 0 Å². The molecule has 2 heterocycles. The SMILES string of the molecule is CC(C(=O)NCc1ccccc1)N1C(=O)/C(=C/c2ccco2)SC1=S. The van der Waals surface area contributed by atoms with Gasteiger partial charge in [-0.15, -0.1) is 0 Å². The zero-order valence-corrected chi connectivity index (χ0v) is 15.1. The van der Waals surface area contributed by atoms with Gasteiger partial charge in [0.05, 0.1) is 11.2 Å². The third-order valence-corrected chi connectivity index (χ3v) is 5.05. The zero-order chi connectivity index (χ0) is 17.8. The van der Waals surface area contributed by atoms with E-state index in [0.717, 1.165) is 5.56 Å². The minimum atomic E-state index is -0.682. The van der Waals surface area contributed by atoms with Crippen LogP contribution in [0.3, 0.4) is 0 Å². The minimum Gasteiger partial charge on any atom is -0.465 e. The van der Waals surface area contributed by atoms with Gasteiger partial charge in [-0.25, -0.2) is 0 Å². The predicted octanol–water partition coefficient (Wildman–Crippen LogP) is 3.19. The summed E-state index contributed by atoms with van der Waals surface area (Å²) in [7, 11) is 0. The molecule has 25 heavy (non-hydrogen) atoms. The molecular formula is C18H16N2O3S2. The van der Waals surface area contributed by atoms with Crippen molar-refractivity contribution >= 4 is 46.2 Å². The van der Waals surface area contributed by atoms with E-state index in [4.69, 9.17) is 16.6 Å². The van der Waals surface area contributed by atoms with Gasteiger partial charge in [-0.1, -0.05) is 54.3 Å². The monoisotopic (exact) mass is 372 g/mol. The van der Waals surface area contributed by atoms with E-state index in [9.17, 15) is 9.59 Å². The number of hydrogen-bond donors (Lipinski definition) is 1. The second-order valence-electron chi connectivity index (χ2n) is 5.45. The van der Waals surface area contributed by atoms with Gasteiger partial charge >= 0.3 is 0 Å². The van der Waals surface area contributed by atoms with Crippen molar-refractivity contribution in [1.29, 1.82) is 0 Å². The van der Waals surface area contributed by atoms with Gasteiger partial charge in [0.2, 0.25) is 5.91 Å². The average molecular weight is 372 g/mol. The first-order valence-corrected chi connectivity index (χ1v) is 8.91. The Hall–Kier alpha value is -2.38. The fraction of sp³-hybridized carbons (Fsp3) is 0.167. The molecule has 1 unspecified atom stereocenters. The Kier molecular flexibility index (Phi) is 5.35. The molecule has 0 spiro atoms. The summed E-state index contributed by atoms with van der Waals surface area (Å²) in [5, 5.41) is 2.84. The first-order chi connectivity index (χ1) is 12.1. The Bertz CT molecular complexity index is 816. The van der Waals surface area contributed by atoms with Gasteiger partial charge in [0.1, 0.15) is 16.1 Å². The maximum absolute atomic E-state index is 12.6. The van der Waals surface area contributed by atoms with Gasteiger partial charge in [-0.2, -0.15) is 0 Å². The van der Waals surface area contributed by atoms with Crippen LogP contribution in [0.1, 0.15) is 18.2 Å². The van der Waals surface area contributed by atoms with Crippen molar-refractivity contribution < 1.29 is 14.0 Å². The van der Waals surface area contributed by atoms with Crippen LogP contribution in [0.4, 0.5) is 0 Å². The summed E-state index contributed by atoms with van der Waals surface area (Å²) in [5.41, 5.74) is 0.992. The smallest absolute Gasteiger partial charge is 0.267 e. The highest BCUT2D eigenvalue weighted by Crippen LogP contribution is 2.34. The van der Waals surface area contributed by atoms with Crippen LogP contribution in [-0.2, 0) is 16.1 Å². The fourth-order valence-corrected chi connectivity index (χ4v) is 3.76. The van der Waals surface area contributed by atoms with E-state index in [1.165, 1.54) is 22.9 Å². The highest BCUT2D eigenvalue weighted by molar-refractivity contribution is 8.26. The average Bonchev–Trinajstić information content (AvgIpc) is 3.22. The summed E-state index contributed by atoms with van der Waals surface area (Å²) in [6, 6.07) is 12.4. The first-order valence-electron chi connectivity index (χ1n) is 7.68. The number of nitrogens with one attached hydrogen (secondary N) is 1. The van der Waals surface area contributed by atoms with Crippen LogP contribution in [0.2, 0.25) is 0 Å². The molecule has 1 aromatic carbocycles. The van der Waals surface area contributed by atoms with Gasteiger partial charge in [0, 0.05) is 12.6 Å². The number of benzene rings is 1. The molecular weight excluding hydrogens is 356 g/mol. The number of hydrogen-bond acceptors (Lipinski definition) is 5. The number of rotatable bonds is 5. The number of carbonyl (C=O) groups excluding carboxylic acids is 2. The number of furan rings is 1. The standard InChI is InChI=1S/C18H16N2O3S2/c1-12(16(21)19-11-13-6-3-2-4-7-13)20-17(22)15(25-18(20)24)10-14-8-5-9-23-14/h2-10,12H,11H2,1H3,(H,19,21)/b15-10-. The lowest BCUT2D eigenvalue weighted by atomic mass is 10.2. The molecule has 0 radical (unpaired) electrons. The number of nitrogens with zero attached hydrogens (tertiary/aromatic N) is 1. The van der Waals surface area contributed by atoms with Crippen molar-refractivity contribution in [3.8, 4) is 0 Å². The molecule has 7 heteroatoms. The molecule has 5 nitrogen and oxygen atoms in total. The number of carbonyl (C=O) groups is 2. The Morgan fingerprint density at radius 3 is 2.76 bits per heavy atom. The number of thioether (sulfide) groups is 1. The summed E-state index contributed by atoms with van der Waals surface area (Å²) in [5.74, 6) is 0.0369. The number of amides is 2. The molecule has 1 aromatic heterocycles. The van der Waals surface area contributed by atoms with E-state index in [2.05, 4.69) is 5.32 Å². The second kappa shape index (κ2) is 7.67. The van der Waals surface area contributed by atoms with E-state index in [-0.39, 0.29) is 11.8 Å². The topological polar surface area (TPSA) is 62.6 Å². The molecule has 0 bridgehead atoms. The summed E-state index contributed by atoms with van der Waals surface area (Å²) in [6.45, 7) is 2.07. The highest BCUT2D eigenvalue weighted by atomic mass is 32.2. The van der Waals surface area contributed by atoms with E-state index >= 15 is 0 Å². The van der Waals surface area contributed by atoms with E-state index in [1.807, 2.05) is 30.3 Å². The van der Waals surface area contributed by atoms with Crippen molar-refractivity contribution in [2.45, 2.75) is 19.5 Å². The van der Waals surface area contributed by atoms with Crippen LogP contribution in [0.25, 0.3) is 6.08 Å². The van der Waals surface area contributed by atoms with E-state index in [0.29, 0.717) is 21.5 Å². The van der Waals surface area contributed by atoms with Crippen LogP contribution < -0.4 is 5.32 Å². The number of thiocarbonyl (C=S) groups is 1. The molecule has 3 rings (SSSR count). The largest absolute Gasteiger partial charge is 0.465 e. The summed E-state index contributed by atoms with van der Waals surface area (Å²) < 4.78 is 5.59. The Balaban J connectivity index is 1.67. The van der Waals surface area contributed by atoms with Gasteiger partial charge in [-0.3, -0.25) is 14.5 Å². The van der Waals surface area contributed by atoms with E-state index < -0.39 is 6.04 Å². The van der Waals surface area contributed by atoms with Crippen molar-refractivity contribution in [3.05, 3.63) is 65.0 Å². The molecule has 0 aliphatic carbocycles. The highest BCUT2D eigenvalue weighted by Gasteiger charge is 2.38. The third kappa shape index (κ3) is 4.00. The van der Waals surface area contributed by atoms with Gasteiger partial charge in [-0.05, 0) is 24.6 Å². The quantitative estimate of drug-likeness (QED) is 0.645. The van der Waals surface area contributed by atoms with Gasteiger partial charge < -0.3 is 9.73 Å². The molecule has 1 fully saturated rings. The van der Waals surface area contributed by atoms with Gasteiger partial charge in [0.25, 0.3) is 5.91 Å². The molecule has 128 valence electrons. The summed E-state index contributed by atoms with van der Waals surface area (Å²) in [6.07, 6.45) is 3.17. The lowest BCUT2D eigenvalue weighted by Gasteiger charge is -2.22. The van der Waals surface area contributed by atoms with Crippen LogP contribution >= 0.6 is 24.0 Å². The molecule has 1 aliphatic heterocycles. The third-order valence-electron chi connectivity index (χ3n) is 3.72. The molecule has 0 saturated carbocycles. The second-order valence-corrected chi connectivity index (χ2v) is 7.12. The Labute approximate surface area is 155 Å². The maximum atomic E-state index is 12.6. The molecule has 2 amide bonds. The minimum absolute atomic E-state index is 0.251. The van der Waals surface area contributed by atoms with Crippen LogP contribution in [0.5, 0.6) is 0 Å². The molecule has 1 atom stereocenters. The summed E-state index contributed by atoms with van der Waals surface area (Å²) >= 11 is 6.45. The van der Waals surface area contributed by atoms with Gasteiger partial charge in [0.15, 0.2) is 0 Å². The summed E-state index contributed by atoms with van der Waals surface area (Å²) in [4.78, 5) is 26.8. The maximum Gasteiger partial charge on any atom is 0.267 e. The predicted molar refractivity (Wildman–Crippen MR) is 101 cm³/mol. The zero-order valence-electron chi connectivity index (χ0n) is 13.5. The van der Waals surface area contributed by atoms with Crippen molar-refractivity contribution in [1.82, 2.24) is 10.2 Å². The van der Waals surface area contributed by atoms with Crippen LogP contribution in [0.15, 0.2) is 58.1 Å². The Morgan fingerprint density at radius 2 is 2.08 bits per heavy atom. The molecule has 1 saturated heterocycles. The lowest BCUT2D eigenvalue weighted by Crippen LogP contribution is -2.46. The van der Waals surface area contributed by atoms with Crippen LogP contribution in [-0.4, -0.2) is 27.1 Å². The normalized spacial score (nSPS) is 17.2. The fourth-order valence-electron chi connectivity index (χ4n) is 2.37. The van der Waals surface area contributed by atoms with Crippen molar-refractivity contribution in [2.24, 2.45) is 0 Å². The Morgan fingerprint density at radius 1 is 1.32 bits per heavy atom.